The fourth-order valence-corrected chi connectivity index (χ4v) is 4.21. The zero-order valence-corrected chi connectivity index (χ0v) is 14.1. The molecule has 1 saturated heterocycles. The Bertz CT molecular complexity index is 830. The van der Waals surface area contributed by atoms with Gasteiger partial charge < -0.3 is 14.5 Å². The van der Waals surface area contributed by atoms with Gasteiger partial charge in [-0.1, -0.05) is 11.6 Å². The van der Waals surface area contributed by atoms with E-state index in [0.29, 0.717) is 18.9 Å². The number of anilines is 1. The largest absolute Gasteiger partial charge is 0.459 e. The summed E-state index contributed by atoms with van der Waals surface area (Å²) in [6.45, 7) is 1.21. The molecule has 2 aromatic rings. The monoisotopic (exact) mass is 370 g/mol. The molecule has 0 aliphatic carbocycles. The maximum Gasteiger partial charge on any atom is 0.291 e. The van der Waals surface area contributed by atoms with E-state index in [1.165, 1.54) is 34.8 Å². The van der Waals surface area contributed by atoms with E-state index in [1.54, 1.807) is 6.07 Å². The Morgan fingerprint density at radius 3 is 2.62 bits per heavy atom. The van der Waals surface area contributed by atoms with E-state index in [4.69, 9.17) is 20.8 Å². The highest BCUT2D eigenvalue weighted by Crippen LogP contribution is 2.28. The SMILES string of the molecule is O=C(Nc1ccc(Cl)c(S(=O)(=O)N2CCOCC2)c1)c1ccco1. The minimum atomic E-state index is -3.76. The molecule has 1 amide bonds. The number of sulfonamides is 1. The Labute approximate surface area is 144 Å². The van der Waals surface area contributed by atoms with Gasteiger partial charge in [-0.2, -0.15) is 4.31 Å². The normalized spacial score (nSPS) is 16.0. The number of ether oxygens (including phenoxy) is 1. The molecule has 1 fully saturated rings. The molecular weight excluding hydrogens is 356 g/mol. The third-order valence-electron chi connectivity index (χ3n) is 3.52. The summed E-state index contributed by atoms with van der Waals surface area (Å²) in [7, 11) is -3.76. The average molecular weight is 371 g/mol. The van der Waals surface area contributed by atoms with Crippen LogP contribution in [0.2, 0.25) is 5.02 Å². The molecule has 1 aliphatic rings. The summed E-state index contributed by atoms with van der Waals surface area (Å²) < 4.78 is 37.0. The summed E-state index contributed by atoms with van der Waals surface area (Å²) in [5, 5.41) is 2.68. The second kappa shape index (κ2) is 6.94. The Balaban J connectivity index is 1.87. The number of amides is 1. The molecule has 0 saturated carbocycles. The van der Waals surface area contributed by atoms with Gasteiger partial charge in [-0.05, 0) is 30.3 Å². The molecule has 1 N–H and O–H groups in total. The molecule has 0 bridgehead atoms. The lowest BCUT2D eigenvalue weighted by atomic mass is 10.3. The number of nitrogens with zero attached hydrogens (tertiary/aromatic N) is 1. The van der Waals surface area contributed by atoms with Gasteiger partial charge in [0.1, 0.15) is 4.90 Å². The second-order valence-electron chi connectivity index (χ2n) is 5.09. The maximum atomic E-state index is 12.7. The maximum absolute atomic E-state index is 12.7. The first-order valence-corrected chi connectivity index (χ1v) is 9.02. The van der Waals surface area contributed by atoms with Crippen LogP contribution < -0.4 is 5.32 Å². The topological polar surface area (TPSA) is 88.9 Å². The number of carbonyl (C=O) groups excluding carboxylic acids is 1. The summed E-state index contributed by atoms with van der Waals surface area (Å²) in [5.74, 6) is -0.348. The molecule has 7 nitrogen and oxygen atoms in total. The standard InChI is InChI=1S/C15H15ClN2O5S/c16-12-4-3-11(17-15(19)13-2-1-7-23-13)10-14(12)24(20,21)18-5-8-22-9-6-18/h1-4,7,10H,5-6,8-9H2,(H,17,19). The van der Waals surface area contributed by atoms with Crippen molar-refractivity contribution in [1.29, 1.82) is 0 Å². The van der Waals surface area contributed by atoms with Crippen LogP contribution in [-0.2, 0) is 14.8 Å². The van der Waals surface area contributed by atoms with E-state index in [2.05, 4.69) is 5.32 Å². The van der Waals surface area contributed by atoms with Crippen molar-refractivity contribution in [1.82, 2.24) is 4.31 Å². The van der Waals surface area contributed by atoms with Gasteiger partial charge in [0.05, 0.1) is 24.5 Å². The molecule has 1 aliphatic heterocycles. The fourth-order valence-electron chi connectivity index (χ4n) is 2.31. The average Bonchev–Trinajstić information content (AvgIpc) is 3.12. The number of rotatable bonds is 4. The van der Waals surface area contributed by atoms with Crippen LogP contribution in [0.5, 0.6) is 0 Å². The van der Waals surface area contributed by atoms with E-state index in [1.807, 2.05) is 0 Å². The van der Waals surface area contributed by atoms with Gasteiger partial charge in [0.2, 0.25) is 10.0 Å². The molecule has 1 aromatic carbocycles. The van der Waals surface area contributed by atoms with Gasteiger partial charge in [-0.3, -0.25) is 4.79 Å². The molecule has 9 heteroatoms. The highest BCUT2D eigenvalue weighted by molar-refractivity contribution is 7.89. The highest BCUT2D eigenvalue weighted by Gasteiger charge is 2.28. The number of benzene rings is 1. The minimum Gasteiger partial charge on any atom is -0.459 e. The van der Waals surface area contributed by atoms with Gasteiger partial charge in [-0.25, -0.2) is 8.42 Å². The second-order valence-corrected chi connectivity index (χ2v) is 7.41. The van der Waals surface area contributed by atoms with Crippen molar-refractivity contribution in [3.63, 3.8) is 0 Å². The Kier molecular flexibility index (Phi) is 4.91. The van der Waals surface area contributed by atoms with Crippen LogP contribution in [-0.4, -0.2) is 44.9 Å². The Morgan fingerprint density at radius 2 is 1.96 bits per heavy atom. The zero-order valence-electron chi connectivity index (χ0n) is 12.6. The molecule has 0 spiro atoms. The summed E-state index contributed by atoms with van der Waals surface area (Å²) in [6.07, 6.45) is 1.38. The number of furan rings is 1. The van der Waals surface area contributed by atoms with Crippen molar-refractivity contribution in [3.8, 4) is 0 Å². The number of carbonyl (C=O) groups is 1. The lowest BCUT2D eigenvalue weighted by Crippen LogP contribution is -2.40. The van der Waals surface area contributed by atoms with Gasteiger partial charge in [0, 0.05) is 18.8 Å². The predicted molar refractivity (Wildman–Crippen MR) is 87.7 cm³/mol. The van der Waals surface area contributed by atoms with Crippen molar-refractivity contribution in [3.05, 3.63) is 47.4 Å². The fraction of sp³-hybridized carbons (Fsp3) is 0.267. The van der Waals surface area contributed by atoms with E-state index >= 15 is 0 Å². The smallest absolute Gasteiger partial charge is 0.291 e. The van der Waals surface area contributed by atoms with Crippen LogP contribution in [0.4, 0.5) is 5.69 Å². The third kappa shape index (κ3) is 3.46. The van der Waals surface area contributed by atoms with E-state index < -0.39 is 15.9 Å². The summed E-state index contributed by atoms with van der Waals surface area (Å²) >= 11 is 6.07. The van der Waals surface area contributed by atoms with Crippen LogP contribution in [0.3, 0.4) is 0 Å². The van der Waals surface area contributed by atoms with Crippen LogP contribution >= 0.6 is 11.6 Å². The van der Waals surface area contributed by atoms with Gasteiger partial charge in [0.25, 0.3) is 5.91 Å². The number of nitrogens with one attached hydrogen (secondary N) is 1. The molecular formula is C15H15ClN2O5S. The molecule has 128 valence electrons. The van der Waals surface area contributed by atoms with Crippen molar-refractivity contribution < 1.29 is 22.4 Å². The number of morpholine rings is 1. The Hall–Kier alpha value is -1.87. The van der Waals surface area contributed by atoms with Crippen molar-refractivity contribution in [2.24, 2.45) is 0 Å². The molecule has 1 aromatic heterocycles. The van der Waals surface area contributed by atoms with Crippen LogP contribution in [0, 0.1) is 0 Å². The molecule has 3 rings (SSSR count). The van der Waals surface area contributed by atoms with Crippen LogP contribution in [0.1, 0.15) is 10.6 Å². The minimum absolute atomic E-state index is 0.0525. The first-order valence-electron chi connectivity index (χ1n) is 7.21. The van der Waals surface area contributed by atoms with E-state index in [-0.39, 0.29) is 28.8 Å². The summed E-state index contributed by atoms with van der Waals surface area (Å²) in [5.41, 5.74) is 0.313. The van der Waals surface area contributed by atoms with Crippen molar-refractivity contribution >= 4 is 33.2 Å². The number of hydrogen-bond acceptors (Lipinski definition) is 5. The molecule has 0 atom stereocenters. The first kappa shape index (κ1) is 17.0. The lowest BCUT2D eigenvalue weighted by molar-refractivity contribution is 0.0730. The van der Waals surface area contributed by atoms with Gasteiger partial charge in [0.15, 0.2) is 5.76 Å². The van der Waals surface area contributed by atoms with E-state index in [0.717, 1.165) is 0 Å². The quantitative estimate of drug-likeness (QED) is 0.891. The van der Waals surface area contributed by atoms with Crippen molar-refractivity contribution in [2.45, 2.75) is 4.90 Å². The number of halogens is 1. The molecule has 0 radical (unpaired) electrons. The van der Waals surface area contributed by atoms with Crippen molar-refractivity contribution in [2.75, 3.05) is 31.6 Å². The van der Waals surface area contributed by atoms with Gasteiger partial charge in [-0.15, -0.1) is 0 Å². The highest BCUT2D eigenvalue weighted by atomic mass is 35.5. The number of hydrogen-bond donors (Lipinski definition) is 1. The molecule has 2 heterocycles. The third-order valence-corrected chi connectivity index (χ3v) is 5.90. The summed E-state index contributed by atoms with van der Waals surface area (Å²) in [4.78, 5) is 12.0. The molecule has 0 unspecified atom stereocenters. The van der Waals surface area contributed by atoms with Crippen LogP contribution in [0.15, 0.2) is 45.9 Å². The molecule has 24 heavy (non-hydrogen) atoms. The first-order chi connectivity index (χ1) is 11.5. The van der Waals surface area contributed by atoms with E-state index in [9.17, 15) is 13.2 Å². The van der Waals surface area contributed by atoms with Crippen LogP contribution in [0.25, 0.3) is 0 Å². The summed E-state index contributed by atoms with van der Waals surface area (Å²) in [6, 6.07) is 7.41. The zero-order chi connectivity index (χ0) is 17.2. The predicted octanol–water partition coefficient (Wildman–Crippen LogP) is 2.21. The van der Waals surface area contributed by atoms with Gasteiger partial charge >= 0.3 is 0 Å². The Morgan fingerprint density at radius 1 is 1.21 bits per heavy atom. The lowest BCUT2D eigenvalue weighted by Gasteiger charge is -2.26.